The van der Waals surface area contributed by atoms with Gasteiger partial charge in [-0.2, -0.15) is 0 Å². The number of aryl methyl sites for hydroxylation is 1. The number of halogens is 2. The quantitative estimate of drug-likeness (QED) is 0.730. The van der Waals surface area contributed by atoms with Crippen LogP contribution < -0.4 is 4.74 Å². The van der Waals surface area contributed by atoms with Crippen LogP contribution in [0, 0.1) is 5.82 Å². The Balaban J connectivity index is 1.80. The van der Waals surface area contributed by atoms with E-state index in [0.29, 0.717) is 6.42 Å². The summed E-state index contributed by atoms with van der Waals surface area (Å²) in [6.07, 6.45) is 2.77. The third kappa shape index (κ3) is 2.88. The maximum absolute atomic E-state index is 13.7. The van der Waals surface area contributed by atoms with E-state index in [9.17, 15) is 4.39 Å². The van der Waals surface area contributed by atoms with E-state index in [4.69, 9.17) is 4.74 Å². The molecule has 0 fully saturated rings. The molecular formula is C17H16BrFO. The molecule has 0 aliphatic carbocycles. The molecule has 0 N–H and O–H groups in total. The first-order valence-corrected chi connectivity index (χ1v) is 7.79. The molecule has 2 aromatic rings. The average molecular weight is 335 g/mol. The molecule has 0 spiro atoms. The standard InChI is InChI=1S/C17H16BrFO/c18-15(11-13-4-1-2-6-16(13)19)12-7-8-17-14(10-12)5-3-9-20-17/h1-2,4,6-8,10,15H,3,5,9,11H2. The number of benzene rings is 2. The normalized spacial score (nSPS) is 15.3. The minimum atomic E-state index is -0.141. The molecule has 1 atom stereocenters. The second-order valence-electron chi connectivity index (χ2n) is 5.08. The minimum Gasteiger partial charge on any atom is -0.493 e. The summed E-state index contributed by atoms with van der Waals surface area (Å²) in [6, 6.07) is 13.2. The summed E-state index contributed by atoms with van der Waals surface area (Å²) in [6.45, 7) is 0.805. The van der Waals surface area contributed by atoms with Gasteiger partial charge in [0.2, 0.25) is 0 Å². The van der Waals surface area contributed by atoms with Crippen molar-refractivity contribution < 1.29 is 9.13 Å². The summed E-state index contributed by atoms with van der Waals surface area (Å²) in [5, 5.41) is 0. The molecule has 0 bridgehead atoms. The Bertz CT molecular complexity index is 612. The summed E-state index contributed by atoms with van der Waals surface area (Å²) in [7, 11) is 0. The number of fused-ring (bicyclic) bond motifs is 1. The van der Waals surface area contributed by atoms with Gasteiger partial charge in [-0.15, -0.1) is 0 Å². The van der Waals surface area contributed by atoms with Crippen LogP contribution in [0.3, 0.4) is 0 Å². The first-order valence-electron chi connectivity index (χ1n) is 6.87. The van der Waals surface area contributed by atoms with Gasteiger partial charge >= 0.3 is 0 Å². The van der Waals surface area contributed by atoms with Crippen LogP contribution in [0.5, 0.6) is 5.75 Å². The van der Waals surface area contributed by atoms with Gasteiger partial charge in [-0.05, 0) is 48.1 Å². The Hall–Kier alpha value is -1.35. The summed E-state index contributed by atoms with van der Waals surface area (Å²) in [5.74, 6) is 0.851. The lowest BCUT2D eigenvalue weighted by atomic mass is 9.99. The van der Waals surface area contributed by atoms with Crippen molar-refractivity contribution >= 4 is 15.9 Å². The topological polar surface area (TPSA) is 9.23 Å². The van der Waals surface area contributed by atoms with Crippen LogP contribution in [0.2, 0.25) is 0 Å². The zero-order chi connectivity index (χ0) is 13.9. The molecule has 0 aromatic heterocycles. The maximum Gasteiger partial charge on any atom is 0.126 e. The van der Waals surface area contributed by atoms with Crippen molar-refractivity contribution in [1.82, 2.24) is 0 Å². The Morgan fingerprint density at radius 1 is 1.20 bits per heavy atom. The summed E-state index contributed by atoms with van der Waals surface area (Å²) >= 11 is 3.68. The van der Waals surface area contributed by atoms with E-state index < -0.39 is 0 Å². The zero-order valence-electron chi connectivity index (χ0n) is 11.1. The van der Waals surface area contributed by atoms with Gasteiger partial charge in [0.25, 0.3) is 0 Å². The highest BCUT2D eigenvalue weighted by atomic mass is 79.9. The van der Waals surface area contributed by atoms with Crippen LogP contribution in [0.4, 0.5) is 4.39 Å². The number of ether oxygens (including phenoxy) is 1. The lowest BCUT2D eigenvalue weighted by molar-refractivity contribution is 0.288. The summed E-state index contributed by atoms with van der Waals surface area (Å²) < 4.78 is 19.3. The molecule has 20 heavy (non-hydrogen) atoms. The molecule has 1 aliphatic rings. The van der Waals surface area contributed by atoms with E-state index in [-0.39, 0.29) is 10.6 Å². The number of rotatable bonds is 3. The predicted molar refractivity (Wildman–Crippen MR) is 82.0 cm³/mol. The van der Waals surface area contributed by atoms with Gasteiger partial charge in [0, 0.05) is 4.83 Å². The lowest BCUT2D eigenvalue weighted by Crippen LogP contribution is -2.09. The first-order chi connectivity index (χ1) is 9.74. The fraction of sp³-hybridized carbons (Fsp3) is 0.294. The smallest absolute Gasteiger partial charge is 0.126 e. The molecular weight excluding hydrogens is 319 g/mol. The van der Waals surface area contributed by atoms with Crippen LogP contribution in [-0.4, -0.2) is 6.61 Å². The van der Waals surface area contributed by atoms with E-state index in [0.717, 1.165) is 30.8 Å². The Morgan fingerprint density at radius 2 is 2.05 bits per heavy atom. The molecule has 3 rings (SSSR count). The Kier molecular flexibility index (Phi) is 4.06. The van der Waals surface area contributed by atoms with Crippen LogP contribution in [0.15, 0.2) is 42.5 Å². The Labute approximate surface area is 126 Å². The number of hydrogen-bond donors (Lipinski definition) is 0. The second-order valence-corrected chi connectivity index (χ2v) is 6.19. The molecule has 2 aromatic carbocycles. The van der Waals surface area contributed by atoms with Crippen molar-refractivity contribution in [3.8, 4) is 5.75 Å². The molecule has 0 saturated heterocycles. The molecule has 0 amide bonds. The van der Waals surface area contributed by atoms with E-state index in [1.54, 1.807) is 6.07 Å². The summed E-state index contributed by atoms with van der Waals surface area (Å²) in [5.41, 5.74) is 3.17. The fourth-order valence-electron chi connectivity index (χ4n) is 2.55. The number of hydrogen-bond acceptors (Lipinski definition) is 1. The minimum absolute atomic E-state index is 0.117. The van der Waals surface area contributed by atoms with Crippen molar-refractivity contribution in [2.24, 2.45) is 0 Å². The predicted octanol–water partition coefficient (Wildman–Crippen LogP) is 4.83. The van der Waals surface area contributed by atoms with Crippen molar-refractivity contribution in [3.63, 3.8) is 0 Å². The van der Waals surface area contributed by atoms with Gasteiger partial charge in [0.15, 0.2) is 0 Å². The van der Waals surface area contributed by atoms with Crippen molar-refractivity contribution in [1.29, 1.82) is 0 Å². The third-order valence-corrected chi connectivity index (χ3v) is 4.50. The average Bonchev–Trinajstić information content (AvgIpc) is 2.49. The fourth-order valence-corrected chi connectivity index (χ4v) is 3.18. The lowest BCUT2D eigenvalue weighted by Gasteiger charge is -2.19. The van der Waals surface area contributed by atoms with Gasteiger partial charge in [-0.1, -0.05) is 46.3 Å². The zero-order valence-corrected chi connectivity index (χ0v) is 12.7. The van der Waals surface area contributed by atoms with E-state index in [2.05, 4.69) is 28.1 Å². The first kappa shape index (κ1) is 13.6. The molecule has 0 saturated carbocycles. The highest BCUT2D eigenvalue weighted by molar-refractivity contribution is 9.09. The Morgan fingerprint density at radius 3 is 2.90 bits per heavy atom. The summed E-state index contributed by atoms with van der Waals surface area (Å²) in [4.78, 5) is 0.117. The molecule has 1 unspecified atom stereocenters. The van der Waals surface area contributed by atoms with Gasteiger partial charge in [0.1, 0.15) is 11.6 Å². The molecule has 1 nitrogen and oxygen atoms in total. The molecule has 3 heteroatoms. The molecule has 1 aliphatic heterocycles. The van der Waals surface area contributed by atoms with Crippen molar-refractivity contribution in [2.45, 2.75) is 24.1 Å². The van der Waals surface area contributed by atoms with Gasteiger partial charge in [-0.25, -0.2) is 4.39 Å². The van der Waals surface area contributed by atoms with Crippen molar-refractivity contribution in [3.05, 3.63) is 65.0 Å². The largest absolute Gasteiger partial charge is 0.493 e. The van der Waals surface area contributed by atoms with E-state index in [1.165, 1.54) is 17.2 Å². The van der Waals surface area contributed by atoms with Crippen LogP contribution in [0.25, 0.3) is 0 Å². The van der Waals surface area contributed by atoms with Gasteiger partial charge in [-0.3, -0.25) is 0 Å². The SMILES string of the molecule is Fc1ccccc1CC(Br)c1ccc2c(c1)CCCO2. The molecule has 1 heterocycles. The second kappa shape index (κ2) is 5.96. The number of alkyl halides is 1. The molecule has 104 valence electrons. The van der Waals surface area contributed by atoms with Crippen LogP contribution >= 0.6 is 15.9 Å². The van der Waals surface area contributed by atoms with Crippen molar-refractivity contribution in [2.75, 3.05) is 6.61 Å². The maximum atomic E-state index is 13.7. The van der Waals surface area contributed by atoms with E-state index >= 15 is 0 Å². The third-order valence-electron chi connectivity index (χ3n) is 3.65. The van der Waals surface area contributed by atoms with Crippen LogP contribution in [0.1, 0.15) is 27.9 Å². The van der Waals surface area contributed by atoms with Gasteiger partial charge in [0.05, 0.1) is 6.61 Å². The highest BCUT2D eigenvalue weighted by Crippen LogP contribution is 2.33. The van der Waals surface area contributed by atoms with E-state index in [1.807, 2.05) is 18.2 Å². The monoisotopic (exact) mass is 334 g/mol. The van der Waals surface area contributed by atoms with Gasteiger partial charge < -0.3 is 4.74 Å². The van der Waals surface area contributed by atoms with Crippen LogP contribution in [-0.2, 0) is 12.8 Å². The highest BCUT2D eigenvalue weighted by Gasteiger charge is 2.15. The molecule has 0 radical (unpaired) electrons.